The predicted molar refractivity (Wildman–Crippen MR) is 66.9 cm³/mol. The van der Waals surface area contributed by atoms with Crippen LogP contribution in [-0.4, -0.2) is 7.05 Å². The minimum atomic E-state index is 1.17. The topological polar surface area (TPSA) is 12.0 Å². The SMILES string of the molecule is CCCCCc1cc(Br)ccc1NC. The van der Waals surface area contributed by atoms with Crippen molar-refractivity contribution in [2.75, 3.05) is 12.4 Å². The van der Waals surface area contributed by atoms with Crippen LogP contribution in [0.5, 0.6) is 0 Å². The molecule has 1 aromatic rings. The van der Waals surface area contributed by atoms with Gasteiger partial charge in [0.1, 0.15) is 0 Å². The number of anilines is 1. The third kappa shape index (κ3) is 3.33. The van der Waals surface area contributed by atoms with Crippen LogP contribution >= 0.6 is 15.9 Å². The van der Waals surface area contributed by atoms with Crippen molar-refractivity contribution in [2.45, 2.75) is 32.6 Å². The van der Waals surface area contributed by atoms with E-state index in [9.17, 15) is 0 Å². The van der Waals surface area contributed by atoms with Gasteiger partial charge in [-0.05, 0) is 36.6 Å². The lowest BCUT2D eigenvalue weighted by Crippen LogP contribution is -1.95. The molecular weight excluding hydrogens is 238 g/mol. The molecule has 0 fully saturated rings. The van der Waals surface area contributed by atoms with Gasteiger partial charge in [0, 0.05) is 17.2 Å². The Hall–Kier alpha value is -0.500. The summed E-state index contributed by atoms with van der Waals surface area (Å²) >= 11 is 3.51. The van der Waals surface area contributed by atoms with E-state index >= 15 is 0 Å². The molecule has 0 aliphatic rings. The molecule has 0 spiro atoms. The van der Waals surface area contributed by atoms with Crippen LogP contribution in [0.2, 0.25) is 0 Å². The Labute approximate surface area is 95.0 Å². The van der Waals surface area contributed by atoms with Gasteiger partial charge in [-0.3, -0.25) is 0 Å². The molecule has 2 heteroatoms. The molecule has 0 saturated carbocycles. The third-order valence-corrected chi connectivity index (χ3v) is 2.88. The molecule has 1 N–H and O–H groups in total. The molecule has 14 heavy (non-hydrogen) atoms. The van der Waals surface area contributed by atoms with E-state index in [1.54, 1.807) is 0 Å². The largest absolute Gasteiger partial charge is 0.388 e. The number of aryl methyl sites for hydroxylation is 1. The van der Waals surface area contributed by atoms with E-state index in [1.807, 2.05) is 7.05 Å². The third-order valence-electron chi connectivity index (χ3n) is 2.39. The molecule has 1 rings (SSSR count). The van der Waals surface area contributed by atoms with Crippen LogP contribution in [0.1, 0.15) is 31.7 Å². The minimum absolute atomic E-state index is 1.17. The monoisotopic (exact) mass is 255 g/mol. The molecule has 0 aliphatic heterocycles. The van der Waals surface area contributed by atoms with E-state index in [4.69, 9.17) is 0 Å². The van der Waals surface area contributed by atoms with Crippen LogP contribution in [0.4, 0.5) is 5.69 Å². The van der Waals surface area contributed by atoms with E-state index in [1.165, 1.54) is 41.4 Å². The quantitative estimate of drug-likeness (QED) is 0.777. The summed E-state index contributed by atoms with van der Waals surface area (Å²) in [7, 11) is 1.98. The highest BCUT2D eigenvalue weighted by atomic mass is 79.9. The Morgan fingerprint density at radius 3 is 2.71 bits per heavy atom. The van der Waals surface area contributed by atoms with Crippen LogP contribution in [0, 0.1) is 0 Å². The lowest BCUT2D eigenvalue weighted by Gasteiger charge is -2.09. The van der Waals surface area contributed by atoms with Crippen LogP contribution < -0.4 is 5.32 Å². The molecule has 0 atom stereocenters. The van der Waals surface area contributed by atoms with Crippen molar-refractivity contribution in [3.8, 4) is 0 Å². The van der Waals surface area contributed by atoms with Gasteiger partial charge in [-0.1, -0.05) is 35.7 Å². The number of unbranched alkanes of at least 4 members (excludes halogenated alkanes) is 2. The van der Waals surface area contributed by atoms with Crippen LogP contribution in [0.25, 0.3) is 0 Å². The Kier molecular flexibility index (Phi) is 5.02. The van der Waals surface area contributed by atoms with Gasteiger partial charge in [0.15, 0.2) is 0 Å². The lowest BCUT2D eigenvalue weighted by molar-refractivity contribution is 0.718. The van der Waals surface area contributed by atoms with Crippen molar-refractivity contribution in [1.29, 1.82) is 0 Å². The number of benzene rings is 1. The first-order chi connectivity index (χ1) is 6.77. The smallest absolute Gasteiger partial charge is 0.0370 e. The van der Waals surface area contributed by atoms with Crippen LogP contribution in [0.3, 0.4) is 0 Å². The zero-order valence-corrected chi connectivity index (χ0v) is 10.5. The zero-order chi connectivity index (χ0) is 10.4. The number of hydrogen-bond acceptors (Lipinski definition) is 1. The summed E-state index contributed by atoms with van der Waals surface area (Å²) in [6.07, 6.45) is 5.05. The van der Waals surface area contributed by atoms with E-state index in [0.29, 0.717) is 0 Å². The van der Waals surface area contributed by atoms with Crippen molar-refractivity contribution >= 4 is 21.6 Å². The summed E-state index contributed by atoms with van der Waals surface area (Å²) < 4.78 is 1.17. The van der Waals surface area contributed by atoms with Crippen molar-refractivity contribution in [1.82, 2.24) is 0 Å². The van der Waals surface area contributed by atoms with Gasteiger partial charge in [-0.25, -0.2) is 0 Å². The first kappa shape index (κ1) is 11.6. The molecular formula is C12H18BrN. The second-order valence-corrected chi connectivity index (χ2v) is 4.42. The number of rotatable bonds is 5. The average Bonchev–Trinajstić information content (AvgIpc) is 2.19. The lowest BCUT2D eigenvalue weighted by atomic mass is 10.1. The van der Waals surface area contributed by atoms with Gasteiger partial charge in [0.25, 0.3) is 0 Å². The first-order valence-corrected chi connectivity index (χ1v) is 6.03. The maximum Gasteiger partial charge on any atom is 0.0370 e. The summed E-state index contributed by atoms with van der Waals surface area (Å²) in [5, 5.41) is 3.23. The summed E-state index contributed by atoms with van der Waals surface area (Å²) in [5.74, 6) is 0. The average molecular weight is 256 g/mol. The molecule has 1 nitrogen and oxygen atoms in total. The Morgan fingerprint density at radius 2 is 2.07 bits per heavy atom. The molecule has 78 valence electrons. The molecule has 0 radical (unpaired) electrons. The van der Waals surface area contributed by atoms with Gasteiger partial charge in [0.2, 0.25) is 0 Å². The highest BCUT2D eigenvalue weighted by Gasteiger charge is 2.01. The highest BCUT2D eigenvalue weighted by Crippen LogP contribution is 2.22. The molecule has 0 unspecified atom stereocenters. The fourth-order valence-corrected chi connectivity index (χ4v) is 1.99. The molecule has 0 amide bonds. The molecule has 0 bridgehead atoms. The number of hydrogen-bond donors (Lipinski definition) is 1. The Morgan fingerprint density at radius 1 is 1.29 bits per heavy atom. The standard InChI is InChI=1S/C12H18BrN/c1-3-4-5-6-10-9-11(13)7-8-12(10)14-2/h7-9,14H,3-6H2,1-2H3. The van der Waals surface area contributed by atoms with Gasteiger partial charge >= 0.3 is 0 Å². The summed E-state index contributed by atoms with van der Waals surface area (Å²) in [5.41, 5.74) is 2.67. The van der Waals surface area contributed by atoms with Crippen molar-refractivity contribution < 1.29 is 0 Å². The van der Waals surface area contributed by atoms with E-state index < -0.39 is 0 Å². The summed E-state index contributed by atoms with van der Waals surface area (Å²) in [6, 6.07) is 6.42. The van der Waals surface area contributed by atoms with Gasteiger partial charge in [0.05, 0.1) is 0 Å². The molecule has 0 aromatic heterocycles. The van der Waals surface area contributed by atoms with Crippen LogP contribution in [0.15, 0.2) is 22.7 Å². The highest BCUT2D eigenvalue weighted by molar-refractivity contribution is 9.10. The number of halogens is 1. The fourth-order valence-electron chi connectivity index (χ4n) is 1.58. The number of nitrogens with one attached hydrogen (secondary N) is 1. The second kappa shape index (κ2) is 6.07. The van der Waals surface area contributed by atoms with E-state index in [-0.39, 0.29) is 0 Å². The van der Waals surface area contributed by atoms with Gasteiger partial charge < -0.3 is 5.32 Å². The fraction of sp³-hybridized carbons (Fsp3) is 0.500. The van der Waals surface area contributed by atoms with Gasteiger partial charge in [-0.2, -0.15) is 0 Å². The minimum Gasteiger partial charge on any atom is -0.388 e. The van der Waals surface area contributed by atoms with Crippen molar-refractivity contribution in [3.05, 3.63) is 28.2 Å². The van der Waals surface area contributed by atoms with Gasteiger partial charge in [-0.15, -0.1) is 0 Å². The van der Waals surface area contributed by atoms with E-state index in [0.717, 1.165) is 0 Å². The van der Waals surface area contributed by atoms with Crippen LogP contribution in [-0.2, 0) is 6.42 Å². The molecule has 1 aromatic carbocycles. The molecule has 0 aliphatic carbocycles. The predicted octanol–water partition coefficient (Wildman–Crippen LogP) is 4.22. The molecule has 0 heterocycles. The molecule has 0 saturated heterocycles. The Bertz CT molecular complexity index is 284. The maximum absolute atomic E-state index is 3.51. The maximum atomic E-state index is 3.51. The Balaban J connectivity index is 2.67. The normalized spacial score (nSPS) is 10.2. The summed E-state index contributed by atoms with van der Waals surface area (Å²) in [6.45, 7) is 2.24. The van der Waals surface area contributed by atoms with Crippen molar-refractivity contribution in [2.24, 2.45) is 0 Å². The summed E-state index contributed by atoms with van der Waals surface area (Å²) in [4.78, 5) is 0. The van der Waals surface area contributed by atoms with Crippen molar-refractivity contribution in [3.63, 3.8) is 0 Å². The second-order valence-electron chi connectivity index (χ2n) is 3.51. The zero-order valence-electron chi connectivity index (χ0n) is 8.94. The van der Waals surface area contributed by atoms with E-state index in [2.05, 4.69) is 46.4 Å². The first-order valence-electron chi connectivity index (χ1n) is 5.24.